The second kappa shape index (κ2) is 3.56. The minimum absolute atomic E-state index is 0.696. The SMILES string of the molecule is Brc1ccc2c(c1)oc1nc3ccccc3cc12. The number of furan rings is 1. The maximum atomic E-state index is 5.80. The molecule has 4 rings (SSSR count). The Morgan fingerprint density at radius 2 is 1.83 bits per heavy atom. The second-order valence-electron chi connectivity index (χ2n) is 4.28. The van der Waals surface area contributed by atoms with E-state index < -0.39 is 0 Å². The molecule has 0 saturated heterocycles. The van der Waals surface area contributed by atoms with E-state index in [0.717, 1.165) is 31.7 Å². The summed E-state index contributed by atoms with van der Waals surface area (Å²) in [5.74, 6) is 0. The predicted octanol–water partition coefficient (Wildman–Crippen LogP) is 4.90. The molecule has 0 atom stereocenters. The minimum atomic E-state index is 0.696. The zero-order valence-electron chi connectivity index (χ0n) is 9.35. The molecule has 0 N–H and O–H groups in total. The van der Waals surface area contributed by atoms with Crippen LogP contribution in [0.25, 0.3) is 33.0 Å². The minimum Gasteiger partial charge on any atom is -0.438 e. The second-order valence-corrected chi connectivity index (χ2v) is 5.19. The van der Waals surface area contributed by atoms with Gasteiger partial charge < -0.3 is 4.42 Å². The highest BCUT2D eigenvalue weighted by Crippen LogP contribution is 2.31. The average Bonchev–Trinajstić information content (AvgIpc) is 2.72. The van der Waals surface area contributed by atoms with Crippen molar-refractivity contribution in [1.82, 2.24) is 4.98 Å². The third-order valence-electron chi connectivity index (χ3n) is 3.13. The van der Waals surface area contributed by atoms with Crippen LogP contribution in [0.5, 0.6) is 0 Å². The zero-order valence-corrected chi connectivity index (χ0v) is 10.9. The molecule has 0 bridgehead atoms. The van der Waals surface area contributed by atoms with Gasteiger partial charge in [-0.15, -0.1) is 0 Å². The Labute approximate surface area is 111 Å². The van der Waals surface area contributed by atoms with E-state index in [9.17, 15) is 0 Å². The molecule has 0 amide bonds. The van der Waals surface area contributed by atoms with Gasteiger partial charge in [-0.3, -0.25) is 0 Å². The third-order valence-corrected chi connectivity index (χ3v) is 3.62. The molecular formula is C15H8BrNO. The highest BCUT2D eigenvalue weighted by Gasteiger charge is 2.09. The lowest BCUT2D eigenvalue weighted by Gasteiger charge is -1.95. The first kappa shape index (κ1) is 10.1. The van der Waals surface area contributed by atoms with Crippen molar-refractivity contribution < 1.29 is 4.42 Å². The molecule has 2 nitrogen and oxygen atoms in total. The number of hydrogen-bond donors (Lipinski definition) is 0. The maximum Gasteiger partial charge on any atom is 0.227 e. The number of halogens is 1. The van der Waals surface area contributed by atoms with Crippen molar-refractivity contribution in [2.75, 3.05) is 0 Å². The summed E-state index contributed by atoms with van der Waals surface area (Å²) in [6.45, 7) is 0. The molecule has 0 radical (unpaired) electrons. The van der Waals surface area contributed by atoms with Crippen LogP contribution in [-0.4, -0.2) is 4.98 Å². The van der Waals surface area contributed by atoms with Gasteiger partial charge in [-0.2, -0.15) is 0 Å². The maximum absolute atomic E-state index is 5.80. The van der Waals surface area contributed by atoms with Gasteiger partial charge in [-0.25, -0.2) is 4.98 Å². The fourth-order valence-electron chi connectivity index (χ4n) is 2.28. The van der Waals surface area contributed by atoms with Crippen molar-refractivity contribution in [1.29, 1.82) is 0 Å². The monoisotopic (exact) mass is 297 g/mol. The van der Waals surface area contributed by atoms with Crippen LogP contribution in [-0.2, 0) is 0 Å². The Morgan fingerprint density at radius 1 is 0.944 bits per heavy atom. The summed E-state index contributed by atoms with van der Waals surface area (Å²) in [6.07, 6.45) is 0. The van der Waals surface area contributed by atoms with Gasteiger partial charge in [0.2, 0.25) is 5.71 Å². The quantitative estimate of drug-likeness (QED) is 0.461. The van der Waals surface area contributed by atoms with Crippen LogP contribution >= 0.6 is 15.9 Å². The molecule has 2 aromatic carbocycles. The first-order chi connectivity index (χ1) is 8.81. The summed E-state index contributed by atoms with van der Waals surface area (Å²) in [4.78, 5) is 4.56. The molecule has 2 heterocycles. The van der Waals surface area contributed by atoms with Crippen LogP contribution in [0.2, 0.25) is 0 Å². The van der Waals surface area contributed by atoms with Gasteiger partial charge in [0.25, 0.3) is 0 Å². The Kier molecular flexibility index (Phi) is 2.00. The number of rotatable bonds is 0. The Balaban J connectivity index is 2.23. The van der Waals surface area contributed by atoms with Gasteiger partial charge in [0.1, 0.15) is 5.58 Å². The van der Waals surface area contributed by atoms with Crippen molar-refractivity contribution in [2.45, 2.75) is 0 Å². The number of nitrogens with zero attached hydrogens (tertiary/aromatic N) is 1. The van der Waals surface area contributed by atoms with E-state index in [1.807, 2.05) is 30.3 Å². The van der Waals surface area contributed by atoms with E-state index in [1.54, 1.807) is 0 Å². The average molecular weight is 298 g/mol. The smallest absolute Gasteiger partial charge is 0.227 e. The van der Waals surface area contributed by atoms with E-state index >= 15 is 0 Å². The summed E-state index contributed by atoms with van der Waals surface area (Å²) < 4.78 is 6.81. The first-order valence-corrected chi connectivity index (χ1v) is 6.48. The zero-order chi connectivity index (χ0) is 12.1. The molecule has 4 aromatic rings. The molecule has 0 saturated carbocycles. The topological polar surface area (TPSA) is 26.0 Å². The van der Waals surface area contributed by atoms with Crippen LogP contribution in [0.1, 0.15) is 0 Å². The molecule has 0 aliphatic heterocycles. The predicted molar refractivity (Wildman–Crippen MR) is 76.7 cm³/mol. The summed E-state index contributed by atoms with van der Waals surface area (Å²) >= 11 is 3.45. The Morgan fingerprint density at radius 3 is 2.78 bits per heavy atom. The number of benzene rings is 2. The lowest BCUT2D eigenvalue weighted by Crippen LogP contribution is -1.77. The fourth-order valence-corrected chi connectivity index (χ4v) is 2.62. The molecule has 0 unspecified atom stereocenters. The first-order valence-electron chi connectivity index (χ1n) is 5.69. The summed E-state index contributed by atoms with van der Waals surface area (Å²) in [6, 6.07) is 16.3. The number of pyridine rings is 1. The van der Waals surface area contributed by atoms with E-state index in [2.05, 4.69) is 39.1 Å². The van der Waals surface area contributed by atoms with Crippen molar-refractivity contribution in [3.05, 3.63) is 53.0 Å². The van der Waals surface area contributed by atoms with Crippen molar-refractivity contribution in [3.63, 3.8) is 0 Å². The third kappa shape index (κ3) is 1.37. The lowest BCUT2D eigenvalue weighted by atomic mass is 10.1. The van der Waals surface area contributed by atoms with Crippen LogP contribution in [0.3, 0.4) is 0 Å². The van der Waals surface area contributed by atoms with Crippen molar-refractivity contribution in [2.24, 2.45) is 0 Å². The molecule has 2 aromatic heterocycles. The largest absolute Gasteiger partial charge is 0.438 e. The summed E-state index contributed by atoms with van der Waals surface area (Å²) in [5, 5.41) is 3.30. The number of hydrogen-bond acceptors (Lipinski definition) is 2. The molecule has 3 heteroatoms. The molecule has 0 aliphatic rings. The number of para-hydroxylation sites is 1. The van der Waals surface area contributed by atoms with Gasteiger partial charge in [-0.1, -0.05) is 34.1 Å². The summed E-state index contributed by atoms with van der Waals surface area (Å²) in [5.41, 5.74) is 2.52. The van der Waals surface area contributed by atoms with Gasteiger partial charge in [-0.05, 0) is 30.3 Å². The number of aromatic nitrogens is 1. The fraction of sp³-hybridized carbons (Fsp3) is 0. The summed E-state index contributed by atoms with van der Waals surface area (Å²) in [7, 11) is 0. The Bertz CT molecular complexity index is 895. The Hall–Kier alpha value is -1.87. The van der Waals surface area contributed by atoms with E-state index in [1.165, 1.54) is 0 Å². The van der Waals surface area contributed by atoms with Gasteiger partial charge >= 0.3 is 0 Å². The van der Waals surface area contributed by atoms with Crippen LogP contribution in [0.4, 0.5) is 0 Å². The highest BCUT2D eigenvalue weighted by molar-refractivity contribution is 9.10. The van der Waals surface area contributed by atoms with Gasteiger partial charge in [0.05, 0.1) is 5.52 Å². The molecule has 18 heavy (non-hydrogen) atoms. The van der Waals surface area contributed by atoms with Crippen LogP contribution < -0.4 is 0 Å². The van der Waals surface area contributed by atoms with E-state index in [-0.39, 0.29) is 0 Å². The van der Waals surface area contributed by atoms with Crippen molar-refractivity contribution in [3.8, 4) is 0 Å². The molecule has 0 spiro atoms. The van der Waals surface area contributed by atoms with Crippen molar-refractivity contribution >= 4 is 48.9 Å². The van der Waals surface area contributed by atoms with Gasteiger partial charge in [0.15, 0.2) is 0 Å². The number of fused-ring (bicyclic) bond motifs is 4. The van der Waals surface area contributed by atoms with E-state index in [4.69, 9.17) is 4.42 Å². The standard InChI is InChI=1S/C15H8BrNO/c16-10-5-6-11-12-7-9-3-1-2-4-13(9)17-15(12)18-14(11)8-10/h1-8H. The normalized spacial score (nSPS) is 11.6. The molecule has 0 aliphatic carbocycles. The highest BCUT2D eigenvalue weighted by atomic mass is 79.9. The van der Waals surface area contributed by atoms with E-state index in [0.29, 0.717) is 5.71 Å². The van der Waals surface area contributed by atoms with Crippen LogP contribution in [0, 0.1) is 0 Å². The van der Waals surface area contributed by atoms with Crippen LogP contribution in [0.15, 0.2) is 57.4 Å². The lowest BCUT2D eigenvalue weighted by molar-refractivity contribution is 0.655. The molecule has 0 fully saturated rings. The molecular weight excluding hydrogens is 290 g/mol. The van der Waals surface area contributed by atoms with Gasteiger partial charge in [0, 0.05) is 20.6 Å². The molecule has 86 valence electrons.